The Bertz CT molecular complexity index is 606. The minimum absolute atomic E-state index is 0.0741. The van der Waals surface area contributed by atoms with Crippen LogP contribution in [0.4, 0.5) is 0 Å². The van der Waals surface area contributed by atoms with E-state index < -0.39 is 0 Å². The first kappa shape index (κ1) is 17.0. The van der Waals surface area contributed by atoms with Crippen LogP contribution in [0, 0.1) is 5.92 Å². The Labute approximate surface area is 143 Å². The van der Waals surface area contributed by atoms with Crippen molar-refractivity contribution in [1.82, 2.24) is 20.0 Å². The minimum atomic E-state index is 0.0741. The quantitative estimate of drug-likeness (QED) is 0.865. The number of nitrogens with zero attached hydrogens (tertiary/aromatic N) is 3. The van der Waals surface area contributed by atoms with Crippen molar-refractivity contribution < 1.29 is 9.59 Å². The summed E-state index contributed by atoms with van der Waals surface area (Å²) in [5.74, 6) is 0.428. The lowest BCUT2D eigenvalue weighted by atomic mass is 10.1. The smallest absolute Gasteiger partial charge is 0.225 e. The molecule has 1 saturated carbocycles. The van der Waals surface area contributed by atoms with Crippen molar-refractivity contribution in [3.63, 3.8) is 0 Å². The van der Waals surface area contributed by atoms with Gasteiger partial charge in [-0.2, -0.15) is 5.10 Å². The van der Waals surface area contributed by atoms with Gasteiger partial charge >= 0.3 is 0 Å². The van der Waals surface area contributed by atoms with Gasteiger partial charge < -0.3 is 10.2 Å². The first-order valence-corrected chi connectivity index (χ1v) is 9.20. The zero-order chi connectivity index (χ0) is 17.1. The zero-order valence-electron chi connectivity index (χ0n) is 14.8. The first-order valence-electron chi connectivity index (χ1n) is 9.20. The number of amides is 2. The molecule has 0 radical (unpaired) electrons. The average Bonchev–Trinajstić information content (AvgIpc) is 3.34. The zero-order valence-corrected chi connectivity index (χ0v) is 14.8. The molecule has 2 amide bonds. The Morgan fingerprint density at radius 1 is 1.38 bits per heavy atom. The molecule has 132 valence electrons. The first-order chi connectivity index (χ1) is 11.6. The predicted octanol–water partition coefficient (Wildman–Crippen LogP) is 1.87. The number of aromatic nitrogens is 2. The van der Waals surface area contributed by atoms with Crippen molar-refractivity contribution in [3.8, 4) is 0 Å². The highest BCUT2D eigenvalue weighted by atomic mass is 16.2. The number of hydrogen-bond donors (Lipinski definition) is 1. The SMILES string of the molecule is CCC(C)C(=O)N1CCCn2nc(CCC(=O)NC3CC3)cc2C1. The number of fused-ring (bicyclic) bond motifs is 1. The van der Waals surface area contributed by atoms with E-state index in [1.807, 2.05) is 16.5 Å². The molecule has 1 N–H and O–H groups in total. The van der Waals surface area contributed by atoms with Crippen molar-refractivity contribution in [3.05, 3.63) is 17.5 Å². The third kappa shape index (κ3) is 4.16. The van der Waals surface area contributed by atoms with Crippen LogP contribution < -0.4 is 5.32 Å². The van der Waals surface area contributed by atoms with E-state index in [9.17, 15) is 9.59 Å². The lowest BCUT2D eigenvalue weighted by molar-refractivity contribution is -0.135. The highest BCUT2D eigenvalue weighted by Crippen LogP contribution is 2.20. The summed E-state index contributed by atoms with van der Waals surface area (Å²) in [5.41, 5.74) is 2.04. The average molecular weight is 332 g/mol. The molecule has 1 aliphatic heterocycles. The molecule has 24 heavy (non-hydrogen) atoms. The molecule has 0 aromatic carbocycles. The van der Waals surface area contributed by atoms with Crippen LogP contribution in [-0.2, 0) is 29.1 Å². The molecule has 1 unspecified atom stereocenters. The van der Waals surface area contributed by atoms with E-state index in [1.54, 1.807) is 0 Å². The van der Waals surface area contributed by atoms with E-state index in [0.717, 1.165) is 50.2 Å². The van der Waals surface area contributed by atoms with Crippen molar-refractivity contribution in [1.29, 1.82) is 0 Å². The normalized spacial score (nSPS) is 18.7. The summed E-state index contributed by atoms with van der Waals surface area (Å²) < 4.78 is 2.01. The highest BCUT2D eigenvalue weighted by molar-refractivity contribution is 5.78. The van der Waals surface area contributed by atoms with Gasteiger partial charge in [-0.3, -0.25) is 14.3 Å². The molecule has 1 fully saturated rings. The summed E-state index contributed by atoms with van der Waals surface area (Å²) in [4.78, 5) is 26.2. The van der Waals surface area contributed by atoms with Gasteiger partial charge in [0.1, 0.15) is 0 Å². The fraction of sp³-hybridized carbons (Fsp3) is 0.722. The number of nitrogens with one attached hydrogen (secondary N) is 1. The topological polar surface area (TPSA) is 67.2 Å². The van der Waals surface area contributed by atoms with Crippen LogP contribution in [0.25, 0.3) is 0 Å². The van der Waals surface area contributed by atoms with Crippen LogP contribution in [0.2, 0.25) is 0 Å². The van der Waals surface area contributed by atoms with Crippen LogP contribution in [0.3, 0.4) is 0 Å². The predicted molar refractivity (Wildman–Crippen MR) is 91.2 cm³/mol. The monoisotopic (exact) mass is 332 g/mol. The summed E-state index contributed by atoms with van der Waals surface area (Å²) in [5, 5.41) is 7.65. The third-order valence-electron chi connectivity index (χ3n) is 4.96. The molecule has 1 aliphatic carbocycles. The molecule has 1 aromatic rings. The third-order valence-corrected chi connectivity index (χ3v) is 4.96. The molecule has 2 aliphatic rings. The largest absolute Gasteiger partial charge is 0.353 e. The Kier molecular flexibility index (Phi) is 5.21. The Morgan fingerprint density at radius 2 is 2.17 bits per heavy atom. The summed E-state index contributed by atoms with van der Waals surface area (Å²) in [6.45, 7) is 6.31. The second-order valence-corrected chi connectivity index (χ2v) is 7.11. The number of carbonyl (C=O) groups excluding carboxylic acids is 2. The number of carbonyl (C=O) groups is 2. The maximum Gasteiger partial charge on any atom is 0.225 e. The summed E-state index contributed by atoms with van der Waals surface area (Å²) in [6, 6.07) is 2.48. The molecule has 6 heteroatoms. The molecule has 0 saturated heterocycles. The van der Waals surface area contributed by atoms with Crippen molar-refractivity contribution >= 4 is 11.8 Å². The maximum absolute atomic E-state index is 12.5. The van der Waals surface area contributed by atoms with Crippen LogP contribution in [0.15, 0.2) is 6.07 Å². The van der Waals surface area contributed by atoms with E-state index in [2.05, 4.69) is 23.4 Å². The summed E-state index contributed by atoms with van der Waals surface area (Å²) in [7, 11) is 0. The minimum Gasteiger partial charge on any atom is -0.353 e. The molecule has 1 atom stereocenters. The summed E-state index contributed by atoms with van der Waals surface area (Å²) >= 11 is 0. The van der Waals surface area contributed by atoms with Gasteiger partial charge in [-0.15, -0.1) is 0 Å². The molecule has 2 heterocycles. The van der Waals surface area contributed by atoms with Gasteiger partial charge in [0.05, 0.1) is 17.9 Å². The lowest BCUT2D eigenvalue weighted by Gasteiger charge is -2.23. The van der Waals surface area contributed by atoms with Gasteiger partial charge in [-0.1, -0.05) is 13.8 Å². The number of hydrogen-bond acceptors (Lipinski definition) is 3. The standard InChI is InChI=1S/C18H28N4O2/c1-3-13(2)18(24)21-9-4-10-22-16(12-21)11-15(20-22)7-8-17(23)19-14-5-6-14/h11,13-14H,3-10,12H2,1-2H3,(H,19,23). The van der Waals surface area contributed by atoms with Crippen LogP contribution >= 0.6 is 0 Å². The molecule has 1 aromatic heterocycles. The highest BCUT2D eigenvalue weighted by Gasteiger charge is 2.25. The van der Waals surface area contributed by atoms with Gasteiger partial charge in [0.15, 0.2) is 0 Å². The Hall–Kier alpha value is -1.85. The van der Waals surface area contributed by atoms with Gasteiger partial charge in [-0.25, -0.2) is 0 Å². The Balaban J connectivity index is 1.59. The molecule has 0 spiro atoms. The Morgan fingerprint density at radius 3 is 2.88 bits per heavy atom. The van der Waals surface area contributed by atoms with Gasteiger partial charge in [-0.05, 0) is 31.7 Å². The second-order valence-electron chi connectivity index (χ2n) is 7.11. The van der Waals surface area contributed by atoms with E-state index >= 15 is 0 Å². The molecule has 6 nitrogen and oxygen atoms in total. The van der Waals surface area contributed by atoms with Crippen molar-refractivity contribution in [2.45, 2.75) is 71.5 Å². The molecular weight excluding hydrogens is 304 g/mol. The van der Waals surface area contributed by atoms with E-state index in [4.69, 9.17) is 0 Å². The second kappa shape index (κ2) is 7.36. The maximum atomic E-state index is 12.5. The van der Waals surface area contributed by atoms with Crippen LogP contribution in [0.1, 0.15) is 57.3 Å². The fourth-order valence-corrected chi connectivity index (χ4v) is 3.09. The molecule has 3 rings (SSSR count). The number of aryl methyl sites for hydroxylation is 2. The molecular formula is C18H28N4O2. The number of rotatable bonds is 6. The van der Waals surface area contributed by atoms with Crippen LogP contribution in [0.5, 0.6) is 0 Å². The summed E-state index contributed by atoms with van der Waals surface area (Å²) in [6.07, 6.45) is 5.18. The van der Waals surface area contributed by atoms with Crippen LogP contribution in [-0.4, -0.2) is 39.1 Å². The lowest BCUT2D eigenvalue weighted by Crippen LogP contribution is -2.34. The molecule has 0 bridgehead atoms. The van der Waals surface area contributed by atoms with E-state index in [0.29, 0.717) is 25.4 Å². The van der Waals surface area contributed by atoms with Gasteiger partial charge in [0, 0.05) is 37.9 Å². The van der Waals surface area contributed by atoms with Gasteiger partial charge in [0.25, 0.3) is 0 Å². The van der Waals surface area contributed by atoms with E-state index in [-0.39, 0.29) is 17.7 Å². The fourth-order valence-electron chi connectivity index (χ4n) is 3.09. The van der Waals surface area contributed by atoms with Gasteiger partial charge in [0.2, 0.25) is 11.8 Å². The van der Waals surface area contributed by atoms with Crippen molar-refractivity contribution in [2.75, 3.05) is 6.54 Å². The van der Waals surface area contributed by atoms with E-state index in [1.165, 1.54) is 0 Å². The van der Waals surface area contributed by atoms with Crippen molar-refractivity contribution in [2.24, 2.45) is 5.92 Å².